The van der Waals surface area contributed by atoms with Crippen molar-refractivity contribution >= 4 is 59.3 Å². The van der Waals surface area contributed by atoms with Crippen molar-refractivity contribution in [3.63, 3.8) is 0 Å². The Labute approximate surface area is 284 Å². The molecule has 0 amide bonds. The minimum atomic E-state index is 1.12. The first kappa shape index (κ1) is 28.3. The predicted octanol–water partition coefficient (Wildman–Crippen LogP) is 13.7. The Balaban J connectivity index is 1.27. The Morgan fingerprint density at radius 3 is 1.65 bits per heavy atom. The van der Waals surface area contributed by atoms with Gasteiger partial charge < -0.3 is 4.90 Å². The van der Waals surface area contributed by atoms with Gasteiger partial charge in [-0.3, -0.25) is 0 Å². The topological polar surface area (TPSA) is 3.24 Å². The Morgan fingerprint density at radius 1 is 0.292 bits per heavy atom. The predicted molar refractivity (Wildman–Crippen MR) is 208 cm³/mol. The van der Waals surface area contributed by atoms with Gasteiger partial charge in [-0.05, 0) is 98.8 Å². The lowest BCUT2D eigenvalue weighted by Gasteiger charge is -2.27. The van der Waals surface area contributed by atoms with Crippen LogP contribution >= 0.6 is 11.3 Å². The van der Waals surface area contributed by atoms with Crippen LogP contribution < -0.4 is 4.90 Å². The fourth-order valence-electron chi connectivity index (χ4n) is 6.83. The highest BCUT2D eigenvalue weighted by Gasteiger charge is 2.18. The highest BCUT2D eigenvalue weighted by Crippen LogP contribution is 2.43. The average molecular weight is 630 g/mol. The molecule has 0 aliphatic heterocycles. The summed E-state index contributed by atoms with van der Waals surface area (Å²) in [7, 11) is 0. The number of thiophene rings is 1. The molecule has 9 rings (SSSR count). The van der Waals surface area contributed by atoms with Crippen molar-refractivity contribution in [3.05, 3.63) is 188 Å². The van der Waals surface area contributed by atoms with E-state index in [0.29, 0.717) is 0 Å². The van der Waals surface area contributed by atoms with Crippen LogP contribution in [0, 0.1) is 0 Å². The lowest BCUT2D eigenvalue weighted by Crippen LogP contribution is -2.10. The standard InChI is InChI=1S/C46H31NS/c1-3-12-32(13-4-1)38-27-39(33-14-5-2-6-15-33)30-42(29-38)47(41-24-25-44-43-20-9-10-21-45(43)48-46(44)31-41)40-19-11-18-36(28-40)37-23-22-34-16-7-8-17-35(34)26-37/h1-31H. The van der Waals surface area contributed by atoms with Crippen molar-refractivity contribution in [3.8, 4) is 33.4 Å². The quantitative estimate of drug-likeness (QED) is 0.177. The Kier molecular flexibility index (Phi) is 7.07. The molecular formula is C46H31NS. The van der Waals surface area contributed by atoms with E-state index in [1.165, 1.54) is 64.3 Å². The summed E-state index contributed by atoms with van der Waals surface area (Å²) in [6.45, 7) is 0. The number of anilines is 3. The van der Waals surface area contributed by atoms with Crippen LogP contribution in [0.2, 0.25) is 0 Å². The molecule has 0 N–H and O–H groups in total. The SMILES string of the molecule is c1ccc(-c2cc(-c3ccccc3)cc(N(c3cccc(-c4ccc5ccccc5c4)c3)c3ccc4c(c3)sc3ccccc34)c2)cc1. The van der Waals surface area contributed by atoms with Gasteiger partial charge in [0.05, 0.1) is 0 Å². The summed E-state index contributed by atoms with van der Waals surface area (Å²) in [4.78, 5) is 2.42. The summed E-state index contributed by atoms with van der Waals surface area (Å²) in [5.41, 5.74) is 10.5. The third-order valence-electron chi connectivity index (χ3n) is 9.20. The second-order valence-corrected chi connectivity index (χ2v) is 13.3. The van der Waals surface area contributed by atoms with E-state index < -0.39 is 0 Å². The Hall–Kier alpha value is -5.96. The molecule has 9 aromatic rings. The highest BCUT2D eigenvalue weighted by molar-refractivity contribution is 7.25. The van der Waals surface area contributed by atoms with Crippen molar-refractivity contribution in [2.75, 3.05) is 4.90 Å². The van der Waals surface area contributed by atoms with Crippen LogP contribution in [-0.4, -0.2) is 0 Å². The van der Waals surface area contributed by atoms with Crippen LogP contribution in [0.4, 0.5) is 17.1 Å². The Morgan fingerprint density at radius 2 is 0.875 bits per heavy atom. The maximum absolute atomic E-state index is 2.42. The second-order valence-electron chi connectivity index (χ2n) is 12.2. The van der Waals surface area contributed by atoms with Gasteiger partial charge in [-0.1, -0.05) is 133 Å². The molecule has 48 heavy (non-hydrogen) atoms. The summed E-state index contributed by atoms with van der Waals surface area (Å²) < 4.78 is 2.60. The largest absolute Gasteiger partial charge is 0.310 e. The maximum Gasteiger partial charge on any atom is 0.0476 e. The maximum atomic E-state index is 2.42. The molecule has 1 nitrogen and oxygen atoms in total. The molecule has 0 spiro atoms. The summed E-state index contributed by atoms with van der Waals surface area (Å²) in [5, 5.41) is 5.11. The van der Waals surface area contributed by atoms with Crippen LogP contribution in [0.25, 0.3) is 64.3 Å². The summed E-state index contributed by atoms with van der Waals surface area (Å²) in [5.74, 6) is 0. The molecule has 2 heteroatoms. The van der Waals surface area contributed by atoms with E-state index in [4.69, 9.17) is 0 Å². The number of hydrogen-bond donors (Lipinski definition) is 0. The molecule has 1 aromatic heterocycles. The summed E-state index contributed by atoms with van der Waals surface area (Å²) >= 11 is 1.86. The lowest BCUT2D eigenvalue weighted by atomic mass is 9.97. The molecule has 226 valence electrons. The Bertz CT molecular complexity index is 2510. The fraction of sp³-hybridized carbons (Fsp3) is 0. The number of rotatable bonds is 6. The van der Waals surface area contributed by atoms with Gasteiger partial charge >= 0.3 is 0 Å². The van der Waals surface area contributed by atoms with Crippen LogP contribution in [0.5, 0.6) is 0 Å². The smallest absolute Gasteiger partial charge is 0.0476 e. The van der Waals surface area contributed by atoms with Gasteiger partial charge in [0.25, 0.3) is 0 Å². The molecule has 0 atom stereocenters. The molecule has 0 bridgehead atoms. The fourth-order valence-corrected chi connectivity index (χ4v) is 7.97. The van der Waals surface area contributed by atoms with Crippen LogP contribution in [0.1, 0.15) is 0 Å². The number of benzene rings is 8. The van der Waals surface area contributed by atoms with E-state index in [1.807, 2.05) is 11.3 Å². The van der Waals surface area contributed by atoms with Gasteiger partial charge in [0.15, 0.2) is 0 Å². The monoisotopic (exact) mass is 629 g/mol. The van der Waals surface area contributed by atoms with Crippen molar-refractivity contribution < 1.29 is 0 Å². The molecule has 0 fully saturated rings. The minimum Gasteiger partial charge on any atom is -0.310 e. The van der Waals surface area contributed by atoms with E-state index in [1.54, 1.807) is 0 Å². The van der Waals surface area contributed by atoms with E-state index in [0.717, 1.165) is 17.1 Å². The van der Waals surface area contributed by atoms with E-state index in [2.05, 4.69) is 193 Å². The van der Waals surface area contributed by atoms with Gasteiger partial charge in [-0.15, -0.1) is 11.3 Å². The molecular weight excluding hydrogens is 599 g/mol. The first-order chi connectivity index (χ1) is 23.8. The molecule has 0 aliphatic carbocycles. The number of nitrogens with zero attached hydrogens (tertiary/aromatic N) is 1. The zero-order chi connectivity index (χ0) is 31.9. The third-order valence-corrected chi connectivity index (χ3v) is 10.3. The van der Waals surface area contributed by atoms with Gasteiger partial charge in [0, 0.05) is 37.2 Å². The third kappa shape index (κ3) is 5.23. The van der Waals surface area contributed by atoms with E-state index in [9.17, 15) is 0 Å². The zero-order valence-electron chi connectivity index (χ0n) is 26.3. The van der Waals surface area contributed by atoms with Crippen molar-refractivity contribution in [2.45, 2.75) is 0 Å². The van der Waals surface area contributed by atoms with Gasteiger partial charge in [-0.25, -0.2) is 0 Å². The number of fused-ring (bicyclic) bond motifs is 4. The van der Waals surface area contributed by atoms with Crippen LogP contribution in [0.15, 0.2) is 188 Å². The molecule has 0 radical (unpaired) electrons. The van der Waals surface area contributed by atoms with Crippen LogP contribution in [-0.2, 0) is 0 Å². The minimum absolute atomic E-state index is 1.12. The molecule has 0 saturated heterocycles. The van der Waals surface area contributed by atoms with E-state index in [-0.39, 0.29) is 0 Å². The first-order valence-electron chi connectivity index (χ1n) is 16.3. The molecule has 8 aromatic carbocycles. The lowest BCUT2D eigenvalue weighted by molar-refractivity contribution is 1.29. The van der Waals surface area contributed by atoms with Gasteiger partial charge in [0.1, 0.15) is 0 Å². The van der Waals surface area contributed by atoms with Gasteiger partial charge in [-0.2, -0.15) is 0 Å². The highest BCUT2D eigenvalue weighted by atomic mass is 32.1. The van der Waals surface area contributed by atoms with E-state index >= 15 is 0 Å². The summed E-state index contributed by atoms with van der Waals surface area (Å²) in [6.07, 6.45) is 0. The normalized spacial score (nSPS) is 11.3. The molecule has 0 unspecified atom stereocenters. The first-order valence-corrected chi connectivity index (χ1v) is 17.2. The summed E-state index contributed by atoms with van der Waals surface area (Å²) in [6, 6.07) is 68.3. The van der Waals surface area contributed by atoms with Crippen LogP contribution in [0.3, 0.4) is 0 Å². The molecule has 0 saturated carbocycles. The van der Waals surface area contributed by atoms with Crippen molar-refractivity contribution in [1.29, 1.82) is 0 Å². The molecule has 1 heterocycles. The van der Waals surface area contributed by atoms with Crippen molar-refractivity contribution in [2.24, 2.45) is 0 Å². The van der Waals surface area contributed by atoms with Gasteiger partial charge in [0.2, 0.25) is 0 Å². The number of hydrogen-bond acceptors (Lipinski definition) is 2. The average Bonchev–Trinajstić information content (AvgIpc) is 3.53. The second kappa shape index (κ2) is 12.0. The molecule has 0 aliphatic rings. The zero-order valence-corrected chi connectivity index (χ0v) is 27.1. The van der Waals surface area contributed by atoms with Crippen molar-refractivity contribution in [1.82, 2.24) is 0 Å².